The third kappa shape index (κ3) is 24.9. The summed E-state index contributed by atoms with van der Waals surface area (Å²) in [6.07, 6.45) is 2.52. The summed E-state index contributed by atoms with van der Waals surface area (Å²) < 4.78 is 15.1. The molecule has 0 aliphatic rings. The topological polar surface area (TPSA) is 68.2 Å². The first-order chi connectivity index (χ1) is 8.68. The zero-order valence-corrected chi connectivity index (χ0v) is 12.1. The highest BCUT2D eigenvalue weighted by Crippen LogP contribution is 1.86. The molecule has 0 saturated carbocycles. The second-order valence-electron chi connectivity index (χ2n) is 3.95. The minimum Gasteiger partial charge on any atom is -0.394 e. The first-order valence-electron chi connectivity index (χ1n) is 6.67. The number of aliphatic hydroxyl groups excluding tert-OH is 2. The highest BCUT2D eigenvalue weighted by molar-refractivity contribution is 4.36. The summed E-state index contributed by atoms with van der Waals surface area (Å²) in [6, 6.07) is 0. The Balaban J connectivity index is 0. The van der Waals surface area contributed by atoms with E-state index in [0.717, 1.165) is 19.4 Å². The van der Waals surface area contributed by atoms with Crippen molar-refractivity contribution in [3.05, 3.63) is 0 Å². The Morgan fingerprint density at radius 1 is 0.833 bits per heavy atom. The van der Waals surface area contributed by atoms with Gasteiger partial charge in [-0.1, -0.05) is 13.3 Å². The molecule has 0 unspecified atom stereocenters. The van der Waals surface area contributed by atoms with Crippen molar-refractivity contribution in [2.75, 3.05) is 46.2 Å². The summed E-state index contributed by atoms with van der Waals surface area (Å²) in [4.78, 5) is 0. The SMILES string of the molecule is CC(C)OCCOCCO.CCCCOCCO. The van der Waals surface area contributed by atoms with Crippen LogP contribution in [0.1, 0.15) is 33.6 Å². The molecule has 0 aromatic heterocycles. The number of ether oxygens (including phenoxy) is 3. The summed E-state index contributed by atoms with van der Waals surface area (Å²) >= 11 is 0. The van der Waals surface area contributed by atoms with E-state index in [1.165, 1.54) is 0 Å². The molecule has 0 amide bonds. The molecule has 5 nitrogen and oxygen atoms in total. The van der Waals surface area contributed by atoms with Gasteiger partial charge in [-0.2, -0.15) is 0 Å². The van der Waals surface area contributed by atoms with Gasteiger partial charge in [0.2, 0.25) is 0 Å². The quantitative estimate of drug-likeness (QED) is 0.550. The van der Waals surface area contributed by atoms with E-state index in [2.05, 4.69) is 6.92 Å². The van der Waals surface area contributed by atoms with Gasteiger partial charge in [0.1, 0.15) is 0 Å². The van der Waals surface area contributed by atoms with E-state index in [9.17, 15) is 0 Å². The number of rotatable bonds is 11. The first-order valence-corrected chi connectivity index (χ1v) is 6.67. The van der Waals surface area contributed by atoms with Crippen LogP contribution >= 0.6 is 0 Å². The van der Waals surface area contributed by atoms with Gasteiger partial charge >= 0.3 is 0 Å². The van der Waals surface area contributed by atoms with Crippen LogP contribution in [0.4, 0.5) is 0 Å². The first kappa shape index (κ1) is 20.1. The number of unbranched alkanes of at least 4 members (excludes halogenated alkanes) is 1. The van der Waals surface area contributed by atoms with Crippen molar-refractivity contribution in [3.8, 4) is 0 Å². The van der Waals surface area contributed by atoms with Gasteiger partial charge in [-0.05, 0) is 20.3 Å². The Hall–Kier alpha value is -0.200. The molecule has 0 radical (unpaired) electrons. The van der Waals surface area contributed by atoms with Gasteiger partial charge in [-0.3, -0.25) is 0 Å². The zero-order chi connectivity index (χ0) is 14.1. The Kier molecular flexibility index (Phi) is 21.4. The van der Waals surface area contributed by atoms with Crippen LogP contribution in [0, 0.1) is 0 Å². The van der Waals surface area contributed by atoms with Crippen LogP contribution in [-0.4, -0.2) is 62.6 Å². The Morgan fingerprint density at radius 2 is 1.39 bits per heavy atom. The van der Waals surface area contributed by atoms with Gasteiger partial charge in [0, 0.05) is 6.61 Å². The zero-order valence-electron chi connectivity index (χ0n) is 12.1. The molecule has 112 valence electrons. The molecule has 18 heavy (non-hydrogen) atoms. The lowest BCUT2D eigenvalue weighted by Gasteiger charge is -2.06. The molecule has 0 saturated heterocycles. The molecule has 0 aromatic rings. The molecule has 0 rings (SSSR count). The average molecular weight is 266 g/mol. The van der Waals surface area contributed by atoms with Crippen LogP contribution < -0.4 is 0 Å². The monoisotopic (exact) mass is 266 g/mol. The van der Waals surface area contributed by atoms with Crippen LogP contribution in [0.5, 0.6) is 0 Å². The fourth-order valence-electron chi connectivity index (χ4n) is 0.922. The lowest BCUT2D eigenvalue weighted by Crippen LogP contribution is -2.10. The van der Waals surface area contributed by atoms with E-state index in [1.54, 1.807) is 0 Å². The van der Waals surface area contributed by atoms with Crippen molar-refractivity contribution in [3.63, 3.8) is 0 Å². The minimum atomic E-state index is 0.0850. The summed E-state index contributed by atoms with van der Waals surface area (Å²) in [5.41, 5.74) is 0. The smallest absolute Gasteiger partial charge is 0.0703 e. The maximum absolute atomic E-state index is 8.31. The second kappa shape index (κ2) is 19.1. The summed E-state index contributed by atoms with van der Waals surface area (Å²) in [5, 5.41) is 16.5. The molecule has 0 fully saturated rings. The van der Waals surface area contributed by atoms with Gasteiger partial charge in [0.05, 0.1) is 45.7 Å². The Bertz CT molecular complexity index is 125. The van der Waals surface area contributed by atoms with Crippen molar-refractivity contribution in [1.82, 2.24) is 0 Å². The molecule has 0 aliphatic heterocycles. The summed E-state index contributed by atoms with van der Waals surface area (Å²) in [6.45, 7) is 9.15. The normalized spacial score (nSPS) is 10.3. The van der Waals surface area contributed by atoms with E-state index in [4.69, 9.17) is 24.4 Å². The van der Waals surface area contributed by atoms with Crippen molar-refractivity contribution < 1.29 is 24.4 Å². The fraction of sp³-hybridized carbons (Fsp3) is 1.00. The molecule has 0 atom stereocenters. The van der Waals surface area contributed by atoms with Gasteiger partial charge < -0.3 is 24.4 Å². The van der Waals surface area contributed by atoms with Gasteiger partial charge in [-0.15, -0.1) is 0 Å². The standard InChI is InChI=1S/C7H16O3.C6H14O2/c1-7(2)10-6-5-9-4-3-8;1-2-3-5-8-6-4-7/h7-8H,3-6H2,1-2H3;7H,2-6H2,1H3. The van der Waals surface area contributed by atoms with Crippen LogP contribution in [-0.2, 0) is 14.2 Å². The van der Waals surface area contributed by atoms with Crippen molar-refractivity contribution in [2.24, 2.45) is 0 Å². The number of hydrogen-bond acceptors (Lipinski definition) is 5. The maximum atomic E-state index is 8.31. The van der Waals surface area contributed by atoms with E-state index in [0.29, 0.717) is 26.4 Å². The Labute approximate surface area is 111 Å². The molecular formula is C13H30O5. The predicted octanol–water partition coefficient (Wildman–Crippen LogP) is 1.22. The third-order valence-corrected chi connectivity index (χ3v) is 1.79. The molecular weight excluding hydrogens is 236 g/mol. The largest absolute Gasteiger partial charge is 0.394 e. The number of hydrogen-bond donors (Lipinski definition) is 2. The highest BCUT2D eigenvalue weighted by atomic mass is 16.5. The molecule has 0 bridgehead atoms. The van der Waals surface area contributed by atoms with Crippen molar-refractivity contribution in [1.29, 1.82) is 0 Å². The van der Waals surface area contributed by atoms with Crippen LogP contribution in [0.3, 0.4) is 0 Å². The average Bonchev–Trinajstić information content (AvgIpc) is 2.35. The third-order valence-electron chi connectivity index (χ3n) is 1.79. The van der Waals surface area contributed by atoms with E-state index < -0.39 is 0 Å². The highest BCUT2D eigenvalue weighted by Gasteiger charge is 1.91. The summed E-state index contributed by atoms with van der Waals surface area (Å²) in [5.74, 6) is 0. The molecule has 2 N–H and O–H groups in total. The minimum absolute atomic E-state index is 0.0850. The van der Waals surface area contributed by atoms with Crippen LogP contribution in [0.25, 0.3) is 0 Å². The van der Waals surface area contributed by atoms with E-state index in [1.807, 2.05) is 13.8 Å². The van der Waals surface area contributed by atoms with Crippen LogP contribution in [0.15, 0.2) is 0 Å². The number of aliphatic hydroxyl groups is 2. The van der Waals surface area contributed by atoms with Gasteiger partial charge in [0.15, 0.2) is 0 Å². The van der Waals surface area contributed by atoms with Crippen LogP contribution in [0.2, 0.25) is 0 Å². The molecule has 0 spiro atoms. The molecule has 0 aromatic carbocycles. The van der Waals surface area contributed by atoms with E-state index in [-0.39, 0.29) is 19.3 Å². The fourth-order valence-corrected chi connectivity index (χ4v) is 0.922. The molecule has 5 heteroatoms. The summed E-state index contributed by atoms with van der Waals surface area (Å²) in [7, 11) is 0. The second-order valence-corrected chi connectivity index (χ2v) is 3.95. The van der Waals surface area contributed by atoms with Gasteiger partial charge in [-0.25, -0.2) is 0 Å². The van der Waals surface area contributed by atoms with Crippen molar-refractivity contribution >= 4 is 0 Å². The van der Waals surface area contributed by atoms with E-state index >= 15 is 0 Å². The lowest BCUT2D eigenvalue weighted by atomic mass is 10.4. The predicted molar refractivity (Wildman–Crippen MR) is 71.8 cm³/mol. The maximum Gasteiger partial charge on any atom is 0.0703 e. The molecule has 0 aliphatic carbocycles. The van der Waals surface area contributed by atoms with Crippen molar-refractivity contribution in [2.45, 2.75) is 39.7 Å². The molecule has 0 heterocycles. The lowest BCUT2D eigenvalue weighted by molar-refractivity contribution is 0.0103. The Morgan fingerprint density at radius 3 is 1.83 bits per heavy atom. The van der Waals surface area contributed by atoms with Gasteiger partial charge in [0.25, 0.3) is 0 Å².